The zero-order chi connectivity index (χ0) is 24.4. The molecular weight excluding hydrogens is 460 g/mol. The van der Waals surface area contributed by atoms with Gasteiger partial charge in [-0.1, -0.05) is 25.0 Å². The van der Waals surface area contributed by atoms with Crippen molar-refractivity contribution in [2.24, 2.45) is 0 Å². The van der Waals surface area contributed by atoms with Crippen LogP contribution in [0.5, 0.6) is 5.75 Å². The number of hydrogen-bond acceptors (Lipinski definition) is 6. The molecule has 1 saturated carbocycles. The lowest BCUT2D eigenvalue weighted by molar-refractivity contribution is -0.138. The van der Waals surface area contributed by atoms with Gasteiger partial charge in [0.1, 0.15) is 10.6 Å². The van der Waals surface area contributed by atoms with E-state index in [1.807, 2.05) is 30.2 Å². The lowest BCUT2D eigenvalue weighted by Crippen LogP contribution is -2.47. The molecule has 7 nitrogen and oxygen atoms in total. The minimum absolute atomic E-state index is 0.125. The fraction of sp³-hybridized carbons (Fsp3) is 0.407. The summed E-state index contributed by atoms with van der Waals surface area (Å²) in [6.45, 7) is 3.61. The lowest BCUT2D eigenvalue weighted by atomic mass is 9.77. The molecule has 1 aromatic carbocycles. The number of carbonyl (C=O) groups excluding carboxylic acids is 2. The molecule has 2 amide bonds. The van der Waals surface area contributed by atoms with E-state index in [1.54, 1.807) is 18.8 Å². The molecule has 5 rings (SSSR count). The van der Waals surface area contributed by atoms with Gasteiger partial charge in [0.15, 0.2) is 0 Å². The number of methoxy groups -OCH3 is 1. The third kappa shape index (κ3) is 4.43. The van der Waals surface area contributed by atoms with Crippen molar-refractivity contribution in [2.75, 3.05) is 13.7 Å². The van der Waals surface area contributed by atoms with Gasteiger partial charge in [-0.2, -0.15) is 0 Å². The molecule has 0 unspecified atom stereocenters. The highest BCUT2D eigenvalue weighted by Gasteiger charge is 2.45. The van der Waals surface area contributed by atoms with Crippen molar-refractivity contribution >= 4 is 23.2 Å². The number of carbonyl (C=O) groups is 2. The Hall–Kier alpha value is -3.26. The third-order valence-electron chi connectivity index (χ3n) is 7.47. The number of pyridine rings is 1. The quantitative estimate of drug-likeness (QED) is 0.560. The van der Waals surface area contributed by atoms with Crippen molar-refractivity contribution < 1.29 is 14.3 Å². The van der Waals surface area contributed by atoms with Gasteiger partial charge < -0.3 is 15.0 Å². The van der Waals surface area contributed by atoms with Crippen molar-refractivity contribution in [1.29, 1.82) is 0 Å². The van der Waals surface area contributed by atoms with Crippen LogP contribution < -0.4 is 10.1 Å². The topological polar surface area (TPSA) is 84.4 Å². The van der Waals surface area contributed by atoms with Gasteiger partial charge in [0.2, 0.25) is 5.91 Å². The van der Waals surface area contributed by atoms with Crippen LogP contribution in [0.25, 0.3) is 0 Å². The average Bonchev–Trinajstić information content (AvgIpc) is 3.61. The first-order valence-electron chi connectivity index (χ1n) is 12.1. The number of rotatable bonds is 6. The molecule has 8 heteroatoms. The van der Waals surface area contributed by atoms with E-state index in [1.165, 1.54) is 16.9 Å². The molecule has 2 aromatic heterocycles. The van der Waals surface area contributed by atoms with E-state index in [4.69, 9.17) is 4.74 Å². The fourth-order valence-electron chi connectivity index (χ4n) is 5.53. The second-order valence-corrected chi connectivity index (χ2v) is 10.3. The Labute approximate surface area is 209 Å². The molecule has 35 heavy (non-hydrogen) atoms. The van der Waals surface area contributed by atoms with Crippen molar-refractivity contribution in [3.8, 4) is 5.75 Å². The molecule has 0 atom stereocenters. The number of aromatic nitrogens is 2. The summed E-state index contributed by atoms with van der Waals surface area (Å²) in [5.74, 6) is 0.892. The molecule has 0 bridgehead atoms. The Bertz CT molecular complexity index is 1220. The molecular formula is C27H30N4O3S. The molecule has 1 aliphatic heterocycles. The van der Waals surface area contributed by atoms with Gasteiger partial charge in [0, 0.05) is 31.5 Å². The minimum atomic E-state index is -0.465. The monoisotopic (exact) mass is 490 g/mol. The molecule has 0 radical (unpaired) electrons. The molecule has 1 fully saturated rings. The van der Waals surface area contributed by atoms with Gasteiger partial charge >= 0.3 is 0 Å². The van der Waals surface area contributed by atoms with Crippen LogP contribution in [-0.4, -0.2) is 40.3 Å². The van der Waals surface area contributed by atoms with Crippen LogP contribution in [0.4, 0.5) is 0 Å². The summed E-state index contributed by atoms with van der Waals surface area (Å²) in [5, 5.41) is 3.01. The molecule has 1 aliphatic carbocycles. The van der Waals surface area contributed by atoms with Crippen LogP contribution in [0.1, 0.15) is 63.3 Å². The lowest BCUT2D eigenvalue weighted by Gasteiger charge is -2.38. The number of aryl methyl sites for hydroxylation is 1. The summed E-state index contributed by atoms with van der Waals surface area (Å²) in [5.41, 5.74) is 6.52. The van der Waals surface area contributed by atoms with Crippen LogP contribution in [0.3, 0.4) is 0 Å². The average molecular weight is 491 g/mol. The highest BCUT2D eigenvalue weighted by Crippen LogP contribution is 2.44. The maximum absolute atomic E-state index is 14.0. The largest absolute Gasteiger partial charge is 0.497 e. The van der Waals surface area contributed by atoms with Crippen LogP contribution >= 0.6 is 11.3 Å². The molecule has 182 valence electrons. The number of amides is 2. The molecule has 1 N–H and O–H groups in total. The predicted molar refractivity (Wildman–Crippen MR) is 135 cm³/mol. The Balaban J connectivity index is 1.36. The summed E-state index contributed by atoms with van der Waals surface area (Å²) >= 11 is 1.32. The van der Waals surface area contributed by atoms with E-state index < -0.39 is 5.41 Å². The third-order valence-corrected chi connectivity index (χ3v) is 8.25. The second kappa shape index (κ2) is 9.77. The molecule has 0 spiro atoms. The molecule has 3 aromatic rings. The standard InChI is InChI=1S/C27H30N4O3S/c1-18-23(14-30-25(32)24-15-28-17-35-24)22-9-12-31(16-19(22)13-29-18)26(33)27(10-3-4-11-27)20-5-7-21(34-2)8-6-20/h5-8,13,15,17H,3-4,9-12,14,16H2,1-2H3,(H,30,32). The number of benzene rings is 1. The smallest absolute Gasteiger partial charge is 0.263 e. The van der Waals surface area contributed by atoms with Crippen molar-refractivity contribution in [3.05, 3.63) is 75.0 Å². The first-order valence-corrected chi connectivity index (χ1v) is 13.0. The zero-order valence-electron chi connectivity index (χ0n) is 20.2. The van der Waals surface area contributed by atoms with E-state index in [2.05, 4.69) is 27.4 Å². The number of nitrogens with zero attached hydrogens (tertiary/aromatic N) is 3. The number of thiazole rings is 1. The van der Waals surface area contributed by atoms with E-state index in [0.29, 0.717) is 24.5 Å². The van der Waals surface area contributed by atoms with E-state index in [-0.39, 0.29) is 11.8 Å². The van der Waals surface area contributed by atoms with Gasteiger partial charge in [0.05, 0.1) is 24.2 Å². The molecule has 2 aliphatic rings. The highest BCUT2D eigenvalue weighted by atomic mass is 32.1. The van der Waals surface area contributed by atoms with Gasteiger partial charge in [-0.05, 0) is 60.6 Å². The Kier molecular flexibility index (Phi) is 6.56. The zero-order valence-corrected chi connectivity index (χ0v) is 21.0. The van der Waals surface area contributed by atoms with Crippen molar-refractivity contribution in [3.63, 3.8) is 0 Å². The second-order valence-electron chi connectivity index (χ2n) is 9.37. The van der Waals surface area contributed by atoms with Gasteiger partial charge in [-0.3, -0.25) is 19.6 Å². The molecule has 0 saturated heterocycles. The minimum Gasteiger partial charge on any atom is -0.497 e. The van der Waals surface area contributed by atoms with Crippen molar-refractivity contribution in [2.45, 2.75) is 57.5 Å². The van der Waals surface area contributed by atoms with Crippen molar-refractivity contribution in [1.82, 2.24) is 20.2 Å². The first kappa shape index (κ1) is 23.5. The van der Waals surface area contributed by atoms with E-state index in [9.17, 15) is 9.59 Å². The summed E-state index contributed by atoms with van der Waals surface area (Å²) < 4.78 is 5.33. The summed E-state index contributed by atoms with van der Waals surface area (Å²) in [4.78, 5) is 37.6. The van der Waals surface area contributed by atoms with Gasteiger partial charge in [-0.25, -0.2) is 0 Å². The SMILES string of the molecule is COc1ccc(C2(C(=O)N3CCc4c(cnc(C)c4CNC(=O)c4cncs4)C3)CCCC2)cc1. The maximum Gasteiger partial charge on any atom is 0.263 e. The number of ether oxygens (including phenoxy) is 1. The number of hydrogen-bond donors (Lipinski definition) is 1. The van der Waals surface area contributed by atoms with E-state index in [0.717, 1.165) is 60.2 Å². The Morgan fingerprint density at radius 3 is 2.63 bits per heavy atom. The van der Waals surface area contributed by atoms with Crippen LogP contribution in [-0.2, 0) is 29.7 Å². The van der Waals surface area contributed by atoms with Gasteiger partial charge in [-0.15, -0.1) is 11.3 Å². The summed E-state index contributed by atoms with van der Waals surface area (Å²) in [6.07, 6.45) is 8.11. The first-order chi connectivity index (χ1) is 17.0. The summed E-state index contributed by atoms with van der Waals surface area (Å²) in [6, 6.07) is 8.00. The number of fused-ring (bicyclic) bond motifs is 1. The highest BCUT2D eigenvalue weighted by molar-refractivity contribution is 7.11. The summed E-state index contributed by atoms with van der Waals surface area (Å²) in [7, 11) is 1.66. The normalized spacial score (nSPS) is 16.6. The van der Waals surface area contributed by atoms with E-state index >= 15 is 0 Å². The van der Waals surface area contributed by atoms with Gasteiger partial charge in [0.25, 0.3) is 5.91 Å². The van der Waals surface area contributed by atoms with Crippen LogP contribution in [0.15, 0.2) is 42.2 Å². The Morgan fingerprint density at radius 2 is 1.94 bits per heavy atom. The van der Waals surface area contributed by atoms with Crippen LogP contribution in [0.2, 0.25) is 0 Å². The maximum atomic E-state index is 14.0. The van der Waals surface area contributed by atoms with Crippen LogP contribution in [0, 0.1) is 6.92 Å². The fourth-order valence-corrected chi connectivity index (χ4v) is 6.07. The molecule has 3 heterocycles. The Morgan fingerprint density at radius 1 is 1.17 bits per heavy atom. The number of nitrogens with one attached hydrogen (secondary N) is 1. The predicted octanol–water partition coefficient (Wildman–Crippen LogP) is 4.18.